The number of aromatic nitrogens is 5. The number of benzene rings is 1. The minimum Gasteiger partial charge on any atom is -0.310 e. The van der Waals surface area contributed by atoms with Gasteiger partial charge in [0.05, 0.1) is 0 Å². The van der Waals surface area contributed by atoms with Gasteiger partial charge in [-0.05, 0) is 74.6 Å². The smallest absolute Gasteiger partial charge is 0.256 e. The summed E-state index contributed by atoms with van der Waals surface area (Å²) in [6.07, 6.45) is 6.18. The predicted octanol–water partition coefficient (Wildman–Crippen LogP) is 5.60. The Bertz CT molecular complexity index is 1280. The molecule has 1 aromatic carbocycles. The van der Waals surface area contributed by atoms with E-state index < -0.39 is 0 Å². The lowest BCUT2D eigenvalue weighted by Gasteiger charge is -2.11. The van der Waals surface area contributed by atoms with E-state index in [2.05, 4.69) is 51.5 Å². The van der Waals surface area contributed by atoms with Gasteiger partial charge in [-0.1, -0.05) is 30.0 Å². The maximum Gasteiger partial charge on any atom is 0.256 e. The van der Waals surface area contributed by atoms with E-state index in [1.165, 1.54) is 18.4 Å². The highest BCUT2D eigenvalue weighted by atomic mass is 32.2. The van der Waals surface area contributed by atoms with Crippen LogP contribution in [0.15, 0.2) is 77.0 Å². The molecular weight excluding hydrogens is 432 g/mol. The van der Waals surface area contributed by atoms with Crippen LogP contribution >= 0.6 is 11.8 Å². The number of nitrogens with zero attached hydrogens (tertiary/aromatic N) is 5. The Morgan fingerprint density at radius 3 is 2.73 bits per heavy atom. The van der Waals surface area contributed by atoms with Crippen molar-refractivity contribution in [1.29, 1.82) is 0 Å². The van der Waals surface area contributed by atoms with Crippen molar-refractivity contribution >= 4 is 23.5 Å². The molecule has 0 unspecified atom stereocenters. The molecule has 4 aromatic rings. The van der Waals surface area contributed by atoms with Crippen LogP contribution in [0.2, 0.25) is 0 Å². The third kappa shape index (κ3) is 4.96. The minimum atomic E-state index is -0.218. The van der Waals surface area contributed by atoms with E-state index in [-0.39, 0.29) is 11.9 Å². The molecular formula is C25H24N6OS. The zero-order valence-corrected chi connectivity index (χ0v) is 19.3. The van der Waals surface area contributed by atoms with E-state index >= 15 is 0 Å². The molecule has 1 aliphatic rings. The van der Waals surface area contributed by atoms with E-state index in [0.29, 0.717) is 28.8 Å². The van der Waals surface area contributed by atoms with E-state index in [1.54, 1.807) is 30.2 Å². The Kier molecular flexibility index (Phi) is 5.92. The zero-order chi connectivity index (χ0) is 22.8. The number of amides is 1. The molecule has 8 heteroatoms. The number of hydrogen-bond acceptors (Lipinski definition) is 6. The molecule has 1 amide bonds. The molecule has 1 saturated carbocycles. The summed E-state index contributed by atoms with van der Waals surface area (Å²) in [5.41, 5.74) is 2.53. The van der Waals surface area contributed by atoms with Gasteiger partial charge in [-0.25, -0.2) is 9.97 Å². The van der Waals surface area contributed by atoms with Crippen molar-refractivity contribution in [2.45, 2.75) is 48.6 Å². The number of carbonyl (C=O) groups is 1. The van der Waals surface area contributed by atoms with Gasteiger partial charge in [-0.15, -0.1) is 10.2 Å². The predicted molar refractivity (Wildman–Crippen MR) is 128 cm³/mol. The van der Waals surface area contributed by atoms with Crippen molar-refractivity contribution in [3.63, 3.8) is 0 Å². The lowest BCUT2D eigenvalue weighted by Crippen LogP contribution is -2.13. The van der Waals surface area contributed by atoms with Crippen LogP contribution in [0.25, 0.3) is 11.5 Å². The number of pyridine rings is 2. The minimum absolute atomic E-state index is 0.203. The number of nitrogens with one attached hydrogen (secondary N) is 1. The molecule has 166 valence electrons. The fourth-order valence-electron chi connectivity index (χ4n) is 3.55. The first-order chi connectivity index (χ1) is 16.1. The van der Waals surface area contributed by atoms with Crippen LogP contribution in [-0.2, 0) is 0 Å². The number of hydrogen-bond donors (Lipinski definition) is 1. The van der Waals surface area contributed by atoms with Crippen molar-refractivity contribution in [1.82, 2.24) is 24.7 Å². The van der Waals surface area contributed by atoms with Crippen LogP contribution in [0.1, 0.15) is 54.6 Å². The molecule has 3 heterocycles. The highest BCUT2D eigenvalue weighted by Gasteiger charge is 2.23. The summed E-state index contributed by atoms with van der Waals surface area (Å²) in [6, 6.07) is 17.4. The average molecular weight is 457 g/mol. The van der Waals surface area contributed by atoms with Crippen LogP contribution < -0.4 is 5.32 Å². The first kappa shape index (κ1) is 21.3. The first-order valence-electron chi connectivity index (χ1n) is 11.0. The second-order valence-corrected chi connectivity index (χ2v) is 9.45. The van der Waals surface area contributed by atoms with Crippen LogP contribution in [0.5, 0.6) is 0 Å². The summed E-state index contributed by atoms with van der Waals surface area (Å²) in [4.78, 5) is 23.0. The Morgan fingerprint density at radius 1 is 1.12 bits per heavy atom. The summed E-state index contributed by atoms with van der Waals surface area (Å²) in [5.74, 6) is 1.60. The summed E-state index contributed by atoms with van der Waals surface area (Å²) in [5, 5.41) is 12.0. The average Bonchev–Trinajstić information content (AvgIpc) is 3.55. The second-order valence-electron chi connectivity index (χ2n) is 8.35. The van der Waals surface area contributed by atoms with E-state index in [9.17, 15) is 4.79 Å². The number of anilines is 1. The van der Waals surface area contributed by atoms with Crippen LogP contribution in [-0.4, -0.2) is 30.6 Å². The Balaban J connectivity index is 1.29. The highest BCUT2D eigenvalue weighted by Crippen LogP contribution is 2.40. The van der Waals surface area contributed by atoms with Gasteiger partial charge in [0, 0.05) is 22.7 Å². The van der Waals surface area contributed by atoms with Crippen LogP contribution in [0, 0.1) is 0 Å². The first-order valence-corrected chi connectivity index (χ1v) is 11.8. The summed E-state index contributed by atoms with van der Waals surface area (Å²) in [6.45, 7) is 4.11. The monoisotopic (exact) mass is 456 g/mol. The molecule has 0 radical (unpaired) electrons. The van der Waals surface area contributed by atoms with Crippen molar-refractivity contribution in [3.05, 3.63) is 78.2 Å². The lowest BCUT2D eigenvalue weighted by molar-refractivity contribution is 0.102. The Hall–Kier alpha value is -3.52. The maximum absolute atomic E-state index is 12.9. The van der Waals surface area contributed by atoms with Gasteiger partial charge in [-0.3, -0.25) is 4.79 Å². The third-order valence-corrected chi connectivity index (χ3v) is 6.42. The van der Waals surface area contributed by atoms with Gasteiger partial charge >= 0.3 is 0 Å². The molecule has 1 fully saturated rings. The quantitative estimate of drug-likeness (QED) is 0.390. The number of carbonyl (C=O) groups excluding carboxylic acids is 1. The van der Waals surface area contributed by atoms with Gasteiger partial charge in [0.2, 0.25) is 0 Å². The van der Waals surface area contributed by atoms with Crippen molar-refractivity contribution in [2.24, 2.45) is 0 Å². The van der Waals surface area contributed by atoms with Gasteiger partial charge in [0.1, 0.15) is 22.9 Å². The van der Waals surface area contributed by atoms with Crippen molar-refractivity contribution in [2.75, 3.05) is 5.32 Å². The largest absolute Gasteiger partial charge is 0.310 e. The van der Waals surface area contributed by atoms with Crippen LogP contribution in [0.3, 0.4) is 0 Å². The van der Waals surface area contributed by atoms with Crippen LogP contribution in [0.4, 0.5) is 5.82 Å². The second kappa shape index (κ2) is 9.15. The lowest BCUT2D eigenvalue weighted by atomic mass is 10.2. The van der Waals surface area contributed by atoms with Crippen molar-refractivity contribution < 1.29 is 4.79 Å². The van der Waals surface area contributed by atoms with Gasteiger partial charge in [0.25, 0.3) is 5.91 Å². The number of rotatable bonds is 7. The SMILES string of the molecule is CC(C)n1cnnc1-c1cccc(NC(=O)c2cccc(Sc3ccc(C4CC4)cn3)c2)n1. The molecule has 0 saturated heterocycles. The molecule has 0 spiro atoms. The summed E-state index contributed by atoms with van der Waals surface area (Å²) in [7, 11) is 0. The van der Waals surface area contributed by atoms with E-state index in [4.69, 9.17) is 0 Å². The molecule has 0 bridgehead atoms. The van der Waals surface area contributed by atoms with Gasteiger partial charge in [0.15, 0.2) is 5.82 Å². The third-order valence-electron chi connectivity index (χ3n) is 5.48. The fraction of sp³-hybridized carbons (Fsp3) is 0.240. The molecule has 1 N–H and O–H groups in total. The van der Waals surface area contributed by atoms with Gasteiger partial charge < -0.3 is 9.88 Å². The standard InChI is InChI=1S/C25H24N6OS/c1-16(2)31-15-27-30-24(31)21-7-4-8-22(28-21)29-25(32)18-5-3-6-20(13-18)33-23-12-11-19(14-26-23)17-9-10-17/h3-8,11-17H,9-10H2,1-2H3,(H,28,29,32). The molecule has 3 aromatic heterocycles. The topological polar surface area (TPSA) is 85.6 Å². The van der Waals surface area contributed by atoms with E-state index in [1.807, 2.05) is 41.1 Å². The maximum atomic E-state index is 12.9. The molecule has 5 rings (SSSR count). The molecule has 0 aliphatic heterocycles. The Labute approximate surface area is 196 Å². The fourth-order valence-corrected chi connectivity index (χ4v) is 4.37. The summed E-state index contributed by atoms with van der Waals surface area (Å²) >= 11 is 1.55. The molecule has 33 heavy (non-hydrogen) atoms. The summed E-state index contributed by atoms with van der Waals surface area (Å²) < 4.78 is 1.94. The Morgan fingerprint density at radius 2 is 1.97 bits per heavy atom. The molecule has 1 aliphatic carbocycles. The van der Waals surface area contributed by atoms with E-state index in [0.717, 1.165) is 9.92 Å². The van der Waals surface area contributed by atoms with Crippen molar-refractivity contribution in [3.8, 4) is 11.5 Å². The van der Waals surface area contributed by atoms with Gasteiger partial charge in [-0.2, -0.15) is 0 Å². The molecule has 0 atom stereocenters. The highest BCUT2D eigenvalue weighted by molar-refractivity contribution is 7.99. The molecule has 7 nitrogen and oxygen atoms in total. The normalized spacial score (nSPS) is 13.3. The zero-order valence-electron chi connectivity index (χ0n) is 18.5.